The van der Waals surface area contributed by atoms with Crippen molar-refractivity contribution in [3.8, 4) is 17.4 Å². The lowest BCUT2D eigenvalue weighted by Gasteiger charge is -2.10. The Morgan fingerprint density at radius 3 is 2.50 bits per heavy atom. The molecule has 0 saturated heterocycles. The SMILES string of the molecule is CCCOc1nc(CS(=O)(=O)CCC)nc(-c2cc(C)c(=O)n(C)c2)n1. The van der Waals surface area contributed by atoms with Gasteiger partial charge in [-0.15, -0.1) is 0 Å². The van der Waals surface area contributed by atoms with Crippen LogP contribution in [0.4, 0.5) is 0 Å². The largest absolute Gasteiger partial charge is 0.463 e. The number of hydrogen-bond acceptors (Lipinski definition) is 7. The average molecular weight is 380 g/mol. The zero-order chi connectivity index (χ0) is 19.3. The molecular formula is C17H24N4O4S. The molecule has 0 fully saturated rings. The van der Waals surface area contributed by atoms with Crippen LogP contribution in [0, 0.1) is 6.92 Å². The summed E-state index contributed by atoms with van der Waals surface area (Å²) in [5.74, 6) is 0.217. The molecule has 142 valence electrons. The highest BCUT2D eigenvalue weighted by Gasteiger charge is 2.17. The molecule has 0 N–H and O–H groups in total. The second kappa shape index (κ2) is 8.39. The third-order valence-electron chi connectivity index (χ3n) is 3.58. The van der Waals surface area contributed by atoms with Crippen molar-refractivity contribution in [2.75, 3.05) is 12.4 Å². The van der Waals surface area contributed by atoms with Gasteiger partial charge in [-0.1, -0.05) is 13.8 Å². The topological polar surface area (TPSA) is 104 Å². The molecule has 2 heterocycles. The summed E-state index contributed by atoms with van der Waals surface area (Å²) in [5.41, 5.74) is 1.03. The van der Waals surface area contributed by atoms with Crippen LogP contribution in [-0.4, -0.2) is 40.3 Å². The van der Waals surface area contributed by atoms with Gasteiger partial charge in [0.25, 0.3) is 5.56 Å². The third kappa shape index (κ3) is 5.10. The van der Waals surface area contributed by atoms with E-state index in [2.05, 4.69) is 15.0 Å². The summed E-state index contributed by atoms with van der Waals surface area (Å²) in [6.45, 7) is 5.87. The Hall–Kier alpha value is -2.29. The maximum absolute atomic E-state index is 12.1. The molecule has 0 aliphatic heterocycles. The standard InChI is InChI=1S/C17H24N4O4S/c1-5-7-25-17-19-14(11-26(23,24)8-6-2)18-15(20-17)13-9-12(3)16(22)21(4)10-13/h9-10H,5-8,11H2,1-4H3. The molecular weight excluding hydrogens is 356 g/mol. The highest BCUT2D eigenvalue weighted by atomic mass is 32.2. The van der Waals surface area contributed by atoms with Crippen LogP contribution in [0.2, 0.25) is 0 Å². The predicted octanol–water partition coefficient (Wildman–Crippen LogP) is 1.66. The van der Waals surface area contributed by atoms with Gasteiger partial charge in [-0.3, -0.25) is 4.79 Å². The maximum atomic E-state index is 12.1. The monoisotopic (exact) mass is 380 g/mol. The molecule has 0 aliphatic rings. The van der Waals surface area contributed by atoms with Crippen LogP contribution in [0.1, 0.15) is 38.1 Å². The van der Waals surface area contributed by atoms with Crippen molar-refractivity contribution in [1.82, 2.24) is 19.5 Å². The van der Waals surface area contributed by atoms with Crippen LogP contribution in [-0.2, 0) is 22.6 Å². The first-order valence-electron chi connectivity index (χ1n) is 8.51. The minimum Gasteiger partial charge on any atom is -0.463 e. The minimum absolute atomic E-state index is 0.0676. The first kappa shape index (κ1) is 20.0. The van der Waals surface area contributed by atoms with Crippen LogP contribution in [0.5, 0.6) is 6.01 Å². The average Bonchev–Trinajstić information content (AvgIpc) is 2.56. The first-order valence-corrected chi connectivity index (χ1v) is 10.3. The summed E-state index contributed by atoms with van der Waals surface area (Å²) in [5, 5.41) is 0. The molecule has 0 aliphatic carbocycles. The molecule has 0 bridgehead atoms. The Morgan fingerprint density at radius 1 is 1.15 bits per heavy atom. The van der Waals surface area contributed by atoms with Crippen molar-refractivity contribution >= 4 is 9.84 Å². The number of aromatic nitrogens is 4. The smallest absolute Gasteiger partial charge is 0.320 e. The normalized spacial score (nSPS) is 11.5. The van der Waals surface area contributed by atoms with E-state index in [0.29, 0.717) is 24.2 Å². The van der Waals surface area contributed by atoms with Crippen LogP contribution in [0.25, 0.3) is 11.4 Å². The number of rotatable bonds is 8. The molecule has 0 amide bonds. The van der Waals surface area contributed by atoms with E-state index in [1.165, 1.54) is 4.57 Å². The van der Waals surface area contributed by atoms with Crippen molar-refractivity contribution < 1.29 is 13.2 Å². The molecule has 0 aromatic carbocycles. The van der Waals surface area contributed by atoms with Crippen molar-refractivity contribution in [1.29, 1.82) is 0 Å². The molecule has 2 aromatic heterocycles. The summed E-state index contributed by atoms with van der Waals surface area (Å²) in [4.78, 5) is 24.6. The summed E-state index contributed by atoms with van der Waals surface area (Å²) in [6, 6.07) is 1.76. The molecule has 9 heteroatoms. The number of hydrogen-bond donors (Lipinski definition) is 0. The van der Waals surface area contributed by atoms with E-state index in [0.717, 1.165) is 6.42 Å². The minimum atomic E-state index is -3.31. The van der Waals surface area contributed by atoms with Crippen LogP contribution in [0.15, 0.2) is 17.1 Å². The number of aryl methyl sites for hydroxylation is 2. The van der Waals surface area contributed by atoms with Gasteiger partial charge in [-0.2, -0.15) is 9.97 Å². The van der Waals surface area contributed by atoms with Crippen LogP contribution >= 0.6 is 0 Å². The highest BCUT2D eigenvalue weighted by molar-refractivity contribution is 7.90. The van der Waals surface area contributed by atoms with E-state index in [1.54, 1.807) is 33.2 Å². The van der Waals surface area contributed by atoms with E-state index in [1.807, 2.05) is 6.92 Å². The zero-order valence-corrected chi connectivity index (χ0v) is 16.3. The summed E-state index contributed by atoms with van der Waals surface area (Å²) in [7, 11) is -1.67. The molecule has 2 aromatic rings. The molecule has 0 unspecified atom stereocenters. The lowest BCUT2D eigenvalue weighted by Crippen LogP contribution is -2.19. The Kier molecular flexibility index (Phi) is 6.47. The Labute approximate surface area is 153 Å². The fourth-order valence-electron chi connectivity index (χ4n) is 2.43. The van der Waals surface area contributed by atoms with E-state index in [9.17, 15) is 13.2 Å². The van der Waals surface area contributed by atoms with E-state index in [4.69, 9.17) is 4.74 Å². The van der Waals surface area contributed by atoms with Gasteiger partial charge in [0, 0.05) is 24.4 Å². The van der Waals surface area contributed by atoms with Gasteiger partial charge in [-0.05, 0) is 25.8 Å². The van der Waals surface area contributed by atoms with Gasteiger partial charge in [0.1, 0.15) is 5.75 Å². The van der Waals surface area contributed by atoms with Crippen molar-refractivity contribution in [3.05, 3.63) is 34.0 Å². The number of sulfone groups is 1. The van der Waals surface area contributed by atoms with Gasteiger partial charge >= 0.3 is 6.01 Å². The lowest BCUT2D eigenvalue weighted by atomic mass is 10.2. The Bertz CT molecular complexity index is 912. The molecule has 0 spiro atoms. The fourth-order valence-corrected chi connectivity index (χ4v) is 3.72. The second-order valence-corrected chi connectivity index (χ2v) is 8.31. The Balaban J connectivity index is 2.51. The molecule has 26 heavy (non-hydrogen) atoms. The van der Waals surface area contributed by atoms with Crippen molar-refractivity contribution in [2.24, 2.45) is 7.05 Å². The number of ether oxygens (including phenoxy) is 1. The van der Waals surface area contributed by atoms with Gasteiger partial charge in [0.15, 0.2) is 21.5 Å². The molecule has 2 rings (SSSR count). The predicted molar refractivity (Wildman–Crippen MR) is 98.8 cm³/mol. The third-order valence-corrected chi connectivity index (χ3v) is 5.31. The lowest BCUT2D eigenvalue weighted by molar-refractivity contribution is 0.290. The van der Waals surface area contributed by atoms with E-state index < -0.39 is 9.84 Å². The maximum Gasteiger partial charge on any atom is 0.320 e. The Morgan fingerprint density at radius 2 is 1.88 bits per heavy atom. The first-order chi connectivity index (χ1) is 12.3. The summed E-state index contributed by atoms with van der Waals surface area (Å²) < 4.78 is 31.2. The van der Waals surface area contributed by atoms with Crippen molar-refractivity contribution in [2.45, 2.75) is 39.4 Å². The summed E-state index contributed by atoms with van der Waals surface area (Å²) >= 11 is 0. The molecule has 0 saturated carbocycles. The number of pyridine rings is 1. The quantitative estimate of drug-likeness (QED) is 0.686. The number of nitrogens with zero attached hydrogens (tertiary/aromatic N) is 4. The van der Waals surface area contributed by atoms with Crippen LogP contribution < -0.4 is 10.3 Å². The van der Waals surface area contributed by atoms with Gasteiger partial charge in [0.2, 0.25) is 0 Å². The van der Waals surface area contributed by atoms with Gasteiger partial charge in [0.05, 0.1) is 12.4 Å². The molecule has 0 atom stereocenters. The molecule has 0 radical (unpaired) electrons. The van der Waals surface area contributed by atoms with Crippen molar-refractivity contribution in [3.63, 3.8) is 0 Å². The zero-order valence-electron chi connectivity index (χ0n) is 15.5. The van der Waals surface area contributed by atoms with E-state index >= 15 is 0 Å². The van der Waals surface area contributed by atoms with Gasteiger partial charge in [-0.25, -0.2) is 13.4 Å². The highest BCUT2D eigenvalue weighted by Crippen LogP contribution is 2.18. The van der Waals surface area contributed by atoms with E-state index in [-0.39, 0.29) is 34.7 Å². The van der Waals surface area contributed by atoms with Gasteiger partial charge < -0.3 is 9.30 Å². The van der Waals surface area contributed by atoms with Crippen LogP contribution in [0.3, 0.4) is 0 Å². The summed E-state index contributed by atoms with van der Waals surface area (Å²) in [6.07, 6.45) is 2.90. The molecule has 8 nitrogen and oxygen atoms in total. The second-order valence-electron chi connectivity index (χ2n) is 6.13. The fraction of sp³-hybridized carbons (Fsp3) is 0.529.